The van der Waals surface area contributed by atoms with Gasteiger partial charge in [0, 0.05) is 32.0 Å². The van der Waals surface area contributed by atoms with Crippen LogP contribution in [0.15, 0.2) is 24.5 Å². The molecule has 19 heavy (non-hydrogen) atoms. The Hall–Kier alpha value is -0.930. The van der Waals surface area contributed by atoms with Crippen LogP contribution in [-0.2, 0) is 6.54 Å². The van der Waals surface area contributed by atoms with Crippen molar-refractivity contribution in [3.05, 3.63) is 30.1 Å². The third-order valence-electron chi connectivity index (χ3n) is 4.03. The number of aromatic nitrogens is 1. The van der Waals surface area contributed by atoms with Crippen LogP contribution in [0.25, 0.3) is 0 Å². The van der Waals surface area contributed by atoms with Gasteiger partial charge in [0.2, 0.25) is 0 Å². The summed E-state index contributed by atoms with van der Waals surface area (Å²) in [5, 5.41) is 0. The standard InChI is InChI=1S/C16H27N3/c1-2-18(15-16-7-9-17-10-8-16)13-14-19-11-5-3-4-6-12-19/h7-10H,2-6,11-15H2,1H3. The summed E-state index contributed by atoms with van der Waals surface area (Å²) >= 11 is 0. The summed E-state index contributed by atoms with van der Waals surface area (Å²) in [6.07, 6.45) is 9.39. The molecule has 0 spiro atoms. The number of hydrogen-bond donors (Lipinski definition) is 0. The molecule has 0 aromatic carbocycles. The fraction of sp³-hybridized carbons (Fsp3) is 0.688. The normalized spacial score (nSPS) is 17.6. The highest BCUT2D eigenvalue weighted by Gasteiger charge is 2.10. The summed E-state index contributed by atoms with van der Waals surface area (Å²) in [5.74, 6) is 0. The molecule has 3 heteroatoms. The summed E-state index contributed by atoms with van der Waals surface area (Å²) in [6.45, 7) is 9.42. The highest BCUT2D eigenvalue weighted by atomic mass is 15.2. The van der Waals surface area contributed by atoms with Crippen LogP contribution in [0, 0.1) is 0 Å². The molecule has 0 unspecified atom stereocenters. The van der Waals surface area contributed by atoms with Crippen LogP contribution in [0.2, 0.25) is 0 Å². The van der Waals surface area contributed by atoms with Crippen LogP contribution in [-0.4, -0.2) is 47.5 Å². The molecule has 0 atom stereocenters. The Morgan fingerprint density at radius 3 is 2.42 bits per heavy atom. The molecule has 0 aliphatic carbocycles. The van der Waals surface area contributed by atoms with Crippen molar-refractivity contribution in [2.45, 2.75) is 39.2 Å². The molecular formula is C16H27N3. The minimum Gasteiger partial charge on any atom is -0.302 e. The van der Waals surface area contributed by atoms with Crippen LogP contribution in [0.4, 0.5) is 0 Å². The molecule has 1 aromatic rings. The van der Waals surface area contributed by atoms with Crippen LogP contribution in [0.3, 0.4) is 0 Å². The molecule has 1 aliphatic rings. The molecule has 2 heterocycles. The zero-order valence-electron chi connectivity index (χ0n) is 12.2. The molecule has 1 aromatic heterocycles. The maximum absolute atomic E-state index is 4.08. The van der Waals surface area contributed by atoms with Crippen LogP contribution >= 0.6 is 0 Å². The molecule has 1 aliphatic heterocycles. The van der Waals surface area contributed by atoms with Gasteiger partial charge in [0.05, 0.1) is 0 Å². The van der Waals surface area contributed by atoms with Crippen molar-refractivity contribution in [2.75, 3.05) is 32.7 Å². The van der Waals surface area contributed by atoms with Gasteiger partial charge in [-0.05, 0) is 50.2 Å². The van der Waals surface area contributed by atoms with Gasteiger partial charge in [-0.25, -0.2) is 0 Å². The maximum Gasteiger partial charge on any atom is 0.0271 e. The first-order valence-corrected chi connectivity index (χ1v) is 7.72. The predicted octanol–water partition coefficient (Wildman–Crippen LogP) is 2.78. The zero-order valence-corrected chi connectivity index (χ0v) is 12.2. The van der Waals surface area contributed by atoms with E-state index < -0.39 is 0 Å². The van der Waals surface area contributed by atoms with Gasteiger partial charge in [-0.2, -0.15) is 0 Å². The number of pyridine rings is 1. The summed E-state index contributed by atoms with van der Waals surface area (Å²) in [6, 6.07) is 4.24. The highest BCUT2D eigenvalue weighted by molar-refractivity contribution is 5.09. The van der Waals surface area contributed by atoms with Gasteiger partial charge in [-0.3, -0.25) is 9.88 Å². The average Bonchev–Trinajstić information content (AvgIpc) is 2.73. The SMILES string of the molecule is CCN(CCN1CCCCCC1)Cc1ccncc1. The first-order valence-electron chi connectivity index (χ1n) is 7.72. The van der Waals surface area contributed by atoms with Crippen LogP contribution in [0.1, 0.15) is 38.2 Å². The molecule has 0 amide bonds. The molecular weight excluding hydrogens is 234 g/mol. The number of rotatable bonds is 6. The molecule has 0 saturated carbocycles. The minimum atomic E-state index is 1.05. The summed E-state index contributed by atoms with van der Waals surface area (Å²) in [7, 11) is 0. The Kier molecular flexibility index (Phi) is 6.31. The lowest BCUT2D eigenvalue weighted by atomic mass is 10.2. The largest absolute Gasteiger partial charge is 0.302 e. The fourth-order valence-electron chi connectivity index (χ4n) is 2.74. The van der Waals surface area contributed by atoms with E-state index in [1.54, 1.807) is 0 Å². The molecule has 1 saturated heterocycles. The Morgan fingerprint density at radius 1 is 1.11 bits per heavy atom. The second-order valence-corrected chi connectivity index (χ2v) is 5.48. The third kappa shape index (κ3) is 5.29. The number of likely N-dealkylation sites (N-methyl/N-ethyl adjacent to an activating group) is 1. The van der Waals surface area contributed by atoms with E-state index in [-0.39, 0.29) is 0 Å². The fourth-order valence-corrected chi connectivity index (χ4v) is 2.74. The van der Waals surface area contributed by atoms with Gasteiger partial charge in [0.1, 0.15) is 0 Å². The lowest BCUT2D eigenvalue weighted by molar-refractivity contribution is 0.208. The van der Waals surface area contributed by atoms with E-state index in [4.69, 9.17) is 0 Å². The van der Waals surface area contributed by atoms with Crippen molar-refractivity contribution < 1.29 is 0 Å². The molecule has 0 bridgehead atoms. The molecule has 1 fully saturated rings. The zero-order chi connectivity index (χ0) is 13.3. The lowest BCUT2D eigenvalue weighted by Gasteiger charge is -2.26. The van der Waals surface area contributed by atoms with E-state index in [2.05, 4.69) is 33.8 Å². The van der Waals surface area contributed by atoms with Gasteiger partial charge in [-0.15, -0.1) is 0 Å². The quantitative estimate of drug-likeness (QED) is 0.785. The van der Waals surface area contributed by atoms with E-state index in [1.165, 1.54) is 57.4 Å². The average molecular weight is 261 g/mol. The predicted molar refractivity (Wildman–Crippen MR) is 80.1 cm³/mol. The second-order valence-electron chi connectivity index (χ2n) is 5.48. The summed E-state index contributed by atoms with van der Waals surface area (Å²) < 4.78 is 0. The Morgan fingerprint density at radius 2 is 1.79 bits per heavy atom. The van der Waals surface area contributed by atoms with Crippen LogP contribution in [0.5, 0.6) is 0 Å². The minimum absolute atomic E-state index is 1.05. The van der Waals surface area contributed by atoms with Gasteiger partial charge < -0.3 is 4.90 Å². The van der Waals surface area contributed by atoms with Crippen molar-refractivity contribution in [1.82, 2.24) is 14.8 Å². The lowest BCUT2D eigenvalue weighted by Crippen LogP contribution is -2.35. The van der Waals surface area contributed by atoms with E-state index in [1.807, 2.05) is 12.4 Å². The number of nitrogens with zero attached hydrogens (tertiary/aromatic N) is 3. The van der Waals surface area contributed by atoms with E-state index in [0.29, 0.717) is 0 Å². The number of likely N-dealkylation sites (tertiary alicyclic amines) is 1. The molecule has 106 valence electrons. The molecule has 0 radical (unpaired) electrons. The maximum atomic E-state index is 4.08. The summed E-state index contributed by atoms with van der Waals surface area (Å²) in [4.78, 5) is 9.25. The van der Waals surface area contributed by atoms with Gasteiger partial charge in [0.15, 0.2) is 0 Å². The topological polar surface area (TPSA) is 19.4 Å². The number of hydrogen-bond acceptors (Lipinski definition) is 3. The smallest absolute Gasteiger partial charge is 0.0271 e. The van der Waals surface area contributed by atoms with E-state index in [0.717, 1.165) is 13.1 Å². The highest BCUT2D eigenvalue weighted by Crippen LogP contribution is 2.10. The Labute approximate surface area is 117 Å². The first kappa shape index (κ1) is 14.5. The molecule has 2 rings (SSSR count). The Balaban J connectivity index is 1.75. The Bertz CT molecular complexity index is 331. The van der Waals surface area contributed by atoms with Gasteiger partial charge in [0.25, 0.3) is 0 Å². The molecule has 3 nitrogen and oxygen atoms in total. The van der Waals surface area contributed by atoms with Gasteiger partial charge >= 0.3 is 0 Å². The first-order chi connectivity index (χ1) is 9.38. The van der Waals surface area contributed by atoms with Crippen molar-refractivity contribution in [3.63, 3.8) is 0 Å². The van der Waals surface area contributed by atoms with E-state index >= 15 is 0 Å². The monoisotopic (exact) mass is 261 g/mol. The second kappa shape index (κ2) is 8.28. The van der Waals surface area contributed by atoms with Crippen LogP contribution < -0.4 is 0 Å². The van der Waals surface area contributed by atoms with Crippen molar-refractivity contribution >= 4 is 0 Å². The third-order valence-corrected chi connectivity index (χ3v) is 4.03. The summed E-state index contributed by atoms with van der Waals surface area (Å²) in [5.41, 5.74) is 1.37. The van der Waals surface area contributed by atoms with E-state index in [9.17, 15) is 0 Å². The molecule has 0 N–H and O–H groups in total. The van der Waals surface area contributed by atoms with Crippen molar-refractivity contribution in [3.8, 4) is 0 Å². The van der Waals surface area contributed by atoms with Crippen molar-refractivity contribution in [2.24, 2.45) is 0 Å². The van der Waals surface area contributed by atoms with Crippen molar-refractivity contribution in [1.29, 1.82) is 0 Å². The van der Waals surface area contributed by atoms with Gasteiger partial charge in [-0.1, -0.05) is 19.8 Å².